The average Bonchev–Trinajstić information content (AvgIpc) is 3.22. The third kappa shape index (κ3) is 4.65. The van der Waals surface area contributed by atoms with Gasteiger partial charge in [0.2, 0.25) is 5.91 Å². The van der Waals surface area contributed by atoms with Crippen molar-refractivity contribution >= 4 is 17.5 Å². The number of rotatable bonds is 7. The van der Waals surface area contributed by atoms with Crippen LogP contribution >= 0.6 is 0 Å². The number of likely N-dealkylation sites (tertiary alicyclic amines) is 1. The molecule has 1 aliphatic rings. The predicted molar refractivity (Wildman–Crippen MR) is 111 cm³/mol. The molecule has 2 aromatic carbocycles. The smallest absolute Gasteiger partial charge is 0.272 e. The summed E-state index contributed by atoms with van der Waals surface area (Å²) >= 11 is 0. The molecule has 158 valence electrons. The summed E-state index contributed by atoms with van der Waals surface area (Å²) in [5.41, 5.74) is 2.71. The van der Waals surface area contributed by atoms with Crippen LogP contribution < -0.4 is 5.32 Å². The molecule has 3 rings (SSSR count). The third-order valence-corrected chi connectivity index (χ3v) is 5.33. The number of ether oxygens (including phenoxy) is 1. The maximum absolute atomic E-state index is 13.0. The molecule has 1 saturated heterocycles. The van der Waals surface area contributed by atoms with Gasteiger partial charge in [0, 0.05) is 37.4 Å². The van der Waals surface area contributed by atoms with Crippen molar-refractivity contribution in [2.75, 3.05) is 13.7 Å². The minimum absolute atomic E-state index is 0.0306. The zero-order valence-corrected chi connectivity index (χ0v) is 17.1. The van der Waals surface area contributed by atoms with Gasteiger partial charge in [-0.25, -0.2) is 0 Å². The first-order valence-corrected chi connectivity index (χ1v) is 9.81. The molecule has 1 heterocycles. The molecule has 1 aliphatic heterocycles. The van der Waals surface area contributed by atoms with Crippen molar-refractivity contribution < 1.29 is 19.2 Å². The number of benzene rings is 2. The molecule has 0 aliphatic carbocycles. The molecule has 30 heavy (non-hydrogen) atoms. The van der Waals surface area contributed by atoms with Gasteiger partial charge in [0.15, 0.2) is 0 Å². The topological polar surface area (TPSA) is 102 Å². The monoisotopic (exact) mass is 411 g/mol. The van der Waals surface area contributed by atoms with Crippen molar-refractivity contribution in [3.63, 3.8) is 0 Å². The Balaban J connectivity index is 1.69. The number of carbonyl (C=O) groups excluding carboxylic acids is 2. The lowest BCUT2D eigenvalue weighted by atomic mass is 10.1. The molecule has 8 nitrogen and oxygen atoms in total. The lowest BCUT2D eigenvalue weighted by Crippen LogP contribution is -2.45. The Labute approximate surface area is 175 Å². The van der Waals surface area contributed by atoms with Crippen molar-refractivity contribution in [2.45, 2.75) is 39.0 Å². The number of nitro benzene ring substituents is 1. The number of hydrogen-bond donors (Lipinski definition) is 1. The minimum atomic E-state index is -0.553. The fraction of sp³-hybridized carbons (Fsp3) is 0.364. The lowest BCUT2D eigenvalue weighted by molar-refractivity contribution is -0.385. The van der Waals surface area contributed by atoms with Crippen molar-refractivity contribution in [3.8, 4) is 0 Å². The van der Waals surface area contributed by atoms with Crippen LogP contribution in [0.5, 0.6) is 0 Å². The van der Waals surface area contributed by atoms with Gasteiger partial charge in [-0.05, 0) is 43.0 Å². The van der Waals surface area contributed by atoms with Crippen LogP contribution in [0.4, 0.5) is 5.69 Å². The van der Waals surface area contributed by atoms with E-state index in [0.717, 1.165) is 17.5 Å². The van der Waals surface area contributed by atoms with Crippen LogP contribution in [-0.4, -0.2) is 41.3 Å². The number of methoxy groups -OCH3 is 1. The number of hydrogen-bond acceptors (Lipinski definition) is 5. The van der Waals surface area contributed by atoms with Gasteiger partial charge in [-0.3, -0.25) is 19.7 Å². The average molecular weight is 411 g/mol. The number of nitrogens with zero attached hydrogens (tertiary/aromatic N) is 2. The molecular weight excluding hydrogens is 386 g/mol. The first-order valence-electron chi connectivity index (χ1n) is 9.81. The zero-order valence-electron chi connectivity index (χ0n) is 17.1. The van der Waals surface area contributed by atoms with Gasteiger partial charge < -0.3 is 15.0 Å². The summed E-state index contributed by atoms with van der Waals surface area (Å²) in [6, 6.07) is 11.4. The zero-order chi connectivity index (χ0) is 21.7. The highest BCUT2D eigenvalue weighted by atomic mass is 16.6. The molecule has 0 radical (unpaired) electrons. The molecule has 2 aromatic rings. The Bertz CT molecular complexity index is 960. The molecule has 0 spiro atoms. The summed E-state index contributed by atoms with van der Waals surface area (Å²) in [4.78, 5) is 37.9. The first-order chi connectivity index (χ1) is 14.4. The molecule has 0 aromatic heterocycles. The highest BCUT2D eigenvalue weighted by Crippen LogP contribution is 2.24. The second-order valence-electron chi connectivity index (χ2n) is 7.33. The molecule has 0 saturated carbocycles. The van der Waals surface area contributed by atoms with Crippen LogP contribution in [0.25, 0.3) is 0 Å². The maximum Gasteiger partial charge on any atom is 0.272 e. The van der Waals surface area contributed by atoms with Gasteiger partial charge in [0.25, 0.3) is 11.6 Å². The normalized spacial score (nSPS) is 15.8. The number of amides is 2. The van der Waals surface area contributed by atoms with E-state index in [1.165, 1.54) is 18.2 Å². The van der Waals surface area contributed by atoms with E-state index in [1.54, 1.807) is 18.9 Å². The quantitative estimate of drug-likeness (QED) is 0.557. The number of aryl methyl sites for hydroxylation is 1. The summed E-state index contributed by atoms with van der Waals surface area (Å²) in [6.45, 7) is 2.89. The van der Waals surface area contributed by atoms with E-state index >= 15 is 0 Å². The first kappa shape index (κ1) is 21.4. The van der Waals surface area contributed by atoms with Gasteiger partial charge >= 0.3 is 0 Å². The fourth-order valence-corrected chi connectivity index (χ4v) is 3.77. The van der Waals surface area contributed by atoms with Crippen molar-refractivity contribution in [3.05, 3.63) is 74.8 Å². The predicted octanol–water partition coefficient (Wildman–Crippen LogP) is 2.97. The molecule has 1 fully saturated rings. The van der Waals surface area contributed by atoms with Crippen LogP contribution in [0, 0.1) is 17.0 Å². The Morgan fingerprint density at radius 3 is 2.63 bits per heavy atom. The Morgan fingerprint density at radius 1 is 1.23 bits per heavy atom. The van der Waals surface area contributed by atoms with Crippen molar-refractivity contribution in [2.24, 2.45) is 0 Å². The number of nitro groups is 1. The summed E-state index contributed by atoms with van der Waals surface area (Å²) < 4.78 is 5.20. The molecule has 0 bridgehead atoms. The number of nitrogens with one attached hydrogen (secondary N) is 1. The molecular formula is C22H25N3O5. The van der Waals surface area contributed by atoms with E-state index in [1.807, 2.05) is 24.3 Å². The SMILES string of the molecule is COCc1ccccc1CNC(=O)C1CCCN1C(=O)c1ccc([N+](=O)[O-])c(C)c1. The summed E-state index contributed by atoms with van der Waals surface area (Å²) in [6.07, 6.45) is 1.32. The highest BCUT2D eigenvalue weighted by Gasteiger charge is 2.34. The van der Waals surface area contributed by atoms with E-state index in [-0.39, 0.29) is 17.5 Å². The number of carbonyl (C=O) groups is 2. The van der Waals surface area contributed by atoms with E-state index < -0.39 is 11.0 Å². The maximum atomic E-state index is 13.0. The highest BCUT2D eigenvalue weighted by molar-refractivity contribution is 5.98. The third-order valence-electron chi connectivity index (χ3n) is 5.33. The Morgan fingerprint density at radius 2 is 1.97 bits per heavy atom. The van der Waals surface area contributed by atoms with Crippen molar-refractivity contribution in [1.29, 1.82) is 0 Å². The van der Waals surface area contributed by atoms with Crippen molar-refractivity contribution in [1.82, 2.24) is 10.2 Å². The van der Waals surface area contributed by atoms with Gasteiger partial charge in [-0.2, -0.15) is 0 Å². The van der Waals surface area contributed by atoms with E-state index in [2.05, 4.69) is 5.32 Å². The van der Waals surface area contributed by atoms with Crippen LogP contribution in [0.15, 0.2) is 42.5 Å². The Hall–Kier alpha value is -3.26. The molecule has 8 heteroatoms. The summed E-state index contributed by atoms with van der Waals surface area (Å²) in [5, 5.41) is 13.9. The van der Waals surface area contributed by atoms with Crippen LogP contribution in [0.2, 0.25) is 0 Å². The standard InChI is InChI=1S/C22H25N3O5/c1-15-12-16(9-10-19(15)25(28)29)22(27)24-11-5-8-20(24)21(26)23-13-17-6-3-4-7-18(17)14-30-2/h3-4,6-7,9-10,12,20H,5,8,11,13-14H2,1-2H3,(H,23,26). The molecule has 1 atom stereocenters. The van der Waals surface area contributed by atoms with E-state index in [9.17, 15) is 19.7 Å². The minimum Gasteiger partial charge on any atom is -0.380 e. The van der Waals surface area contributed by atoms with Crippen LogP contribution in [0.3, 0.4) is 0 Å². The Kier molecular flexibility index (Phi) is 6.79. The molecule has 2 amide bonds. The summed E-state index contributed by atoms with van der Waals surface area (Å²) in [7, 11) is 1.62. The van der Waals surface area contributed by atoms with Gasteiger partial charge in [0.05, 0.1) is 11.5 Å². The molecule has 1 unspecified atom stereocenters. The molecule has 1 N–H and O–H groups in total. The largest absolute Gasteiger partial charge is 0.380 e. The second-order valence-corrected chi connectivity index (χ2v) is 7.33. The fourth-order valence-electron chi connectivity index (χ4n) is 3.77. The van der Waals surface area contributed by atoms with Gasteiger partial charge in [-0.15, -0.1) is 0 Å². The van der Waals surface area contributed by atoms with Crippen LogP contribution in [-0.2, 0) is 22.7 Å². The van der Waals surface area contributed by atoms with Gasteiger partial charge in [0.1, 0.15) is 6.04 Å². The second kappa shape index (κ2) is 9.49. The summed E-state index contributed by atoms with van der Waals surface area (Å²) in [5.74, 6) is -0.489. The lowest BCUT2D eigenvalue weighted by Gasteiger charge is -2.24. The van der Waals surface area contributed by atoms with E-state index in [4.69, 9.17) is 4.74 Å². The van der Waals surface area contributed by atoms with Crippen LogP contribution in [0.1, 0.15) is 39.9 Å². The van der Waals surface area contributed by atoms with Gasteiger partial charge in [-0.1, -0.05) is 24.3 Å². The van der Waals surface area contributed by atoms with E-state index in [0.29, 0.717) is 37.2 Å².